The van der Waals surface area contributed by atoms with Crippen LogP contribution < -0.4 is 10.2 Å². The van der Waals surface area contributed by atoms with E-state index in [0.29, 0.717) is 5.92 Å². The van der Waals surface area contributed by atoms with Crippen LogP contribution in [0, 0.1) is 18.8 Å². The van der Waals surface area contributed by atoms with Crippen LogP contribution in [0.4, 0.5) is 11.6 Å². The van der Waals surface area contributed by atoms with Crippen LogP contribution in [0.25, 0.3) is 0 Å². The van der Waals surface area contributed by atoms with Gasteiger partial charge >= 0.3 is 0 Å². The number of hydrogen-bond donors (Lipinski definition) is 1. The summed E-state index contributed by atoms with van der Waals surface area (Å²) in [4.78, 5) is 12.0. The van der Waals surface area contributed by atoms with Crippen molar-refractivity contribution in [3.8, 4) is 0 Å². The van der Waals surface area contributed by atoms with Gasteiger partial charge in [0, 0.05) is 31.6 Å². The number of nitrogens with zero attached hydrogens (tertiary/aromatic N) is 3. The van der Waals surface area contributed by atoms with Gasteiger partial charge in [-0.3, -0.25) is 0 Å². The molecule has 1 N–H and O–H groups in total. The molecule has 116 valence electrons. The number of nitrogens with one attached hydrogen (secondary N) is 1. The number of aromatic nitrogens is 2. The summed E-state index contributed by atoms with van der Waals surface area (Å²) < 4.78 is 0. The fraction of sp³-hybridized carbons (Fsp3) is 0.765. The molecule has 2 atom stereocenters. The molecule has 0 aliphatic heterocycles. The van der Waals surface area contributed by atoms with Crippen molar-refractivity contribution in [1.82, 2.24) is 9.97 Å². The van der Waals surface area contributed by atoms with Gasteiger partial charge in [-0.2, -0.15) is 0 Å². The molecule has 2 fully saturated rings. The summed E-state index contributed by atoms with van der Waals surface area (Å²) in [7, 11) is 2.18. The number of anilines is 2. The van der Waals surface area contributed by atoms with Gasteiger partial charge in [0.1, 0.15) is 17.5 Å². The van der Waals surface area contributed by atoms with E-state index in [9.17, 15) is 0 Å². The topological polar surface area (TPSA) is 41.1 Å². The monoisotopic (exact) mass is 288 g/mol. The smallest absolute Gasteiger partial charge is 0.137 e. The van der Waals surface area contributed by atoms with Gasteiger partial charge < -0.3 is 10.2 Å². The standard InChI is InChI=1S/C17H28N4/c1-5-8-18-15-12(3)17(20-16(19-15)13-6-7-13)21(4)10-14-9-11(14)2/h11,13-14H,5-10H2,1-4H3,(H,18,19,20). The third kappa shape index (κ3) is 3.30. The summed E-state index contributed by atoms with van der Waals surface area (Å²) in [5.41, 5.74) is 1.20. The molecule has 3 rings (SSSR count). The Morgan fingerprint density at radius 3 is 2.57 bits per heavy atom. The van der Waals surface area contributed by atoms with E-state index in [-0.39, 0.29) is 0 Å². The maximum absolute atomic E-state index is 4.88. The Hall–Kier alpha value is -1.32. The Morgan fingerprint density at radius 2 is 2.00 bits per heavy atom. The molecule has 2 aliphatic rings. The zero-order valence-electron chi connectivity index (χ0n) is 13.8. The van der Waals surface area contributed by atoms with Crippen molar-refractivity contribution in [2.75, 3.05) is 30.4 Å². The molecular formula is C17H28N4. The zero-order chi connectivity index (χ0) is 15.0. The number of rotatable bonds is 7. The minimum absolute atomic E-state index is 0.597. The average molecular weight is 288 g/mol. The maximum Gasteiger partial charge on any atom is 0.137 e. The lowest BCUT2D eigenvalue weighted by Crippen LogP contribution is -2.24. The minimum atomic E-state index is 0.597. The third-order valence-electron chi connectivity index (χ3n) is 4.77. The van der Waals surface area contributed by atoms with Crippen molar-refractivity contribution in [3.05, 3.63) is 11.4 Å². The van der Waals surface area contributed by atoms with E-state index < -0.39 is 0 Å². The lowest BCUT2D eigenvalue weighted by Gasteiger charge is -2.22. The van der Waals surface area contributed by atoms with Crippen molar-refractivity contribution in [1.29, 1.82) is 0 Å². The second kappa shape index (κ2) is 5.82. The molecule has 1 aromatic rings. The molecule has 1 aromatic heterocycles. The highest BCUT2D eigenvalue weighted by molar-refractivity contribution is 5.58. The molecule has 2 saturated carbocycles. The van der Waals surface area contributed by atoms with Gasteiger partial charge in [0.05, 0.1) is 0 Å². The summed E-state index contributed by atoms with van der Waals surface area (Å²) in [6, 6.07) is 0. The zero-order valence-corrected chi connectivity index (χ0v) is 13.8. The molecular weight excluding hydrogens is 260 g/mol. The first-order valence-corrected chi connectivity index (χ1v) is 8.43. The molecule has 1 heterocycles. The van der Waals surface area contributed by atoms with Crippen LogP contribution in [0.5, 0.6) is 0 Å². The fourth-order valence-corrected chi connectivity index (χ4v) is 2.92. The first-order valence-electron chi connectivity index (χ1n) is 8.43. The first kappa shape index (κ1) is 14.6. The van der Waals surface area contributed by atoms with Crippen LogP contribution in [-0.4, -0.2) is 30.1 Å². The van der Waals surface area contributed by atoms with E-state index >= 15 is 0 Å². The number of hydrogen-bond acceptors (Lipinski definition) is 4. The first-order chi connectivity index (χ1) is 10.1. The Morgan fingerprint density at radius 1 is 1.29 bits per heavy atom. The van der Waals surface area contributed by atoms with Gasteiger partial charge in [-0.05, 0) is 44.4 Å². The summed E-state index contributed by atoms with van der Waals surface area (Å²) in [5.74, 6) is 5.55. The molecule has 2 aliphatic carbocycles. The Bertz CT molecular complexity index is 510. The molecule has 4 nitrogen and oxygen atoms in total. The van der Waals surface area contributed by atoms with Gasteiger partial charge in [0.2, 0.25) is 0 Å². The van der Waals surface area contributed by atoms with Gasteiger partial charge in [-0.25, -0.2) is 9.97 Å². The Kier molecular flexibility index (Phi) is 4.05. The Labute approximate surface area is 128 Å². The minimum Gasteiger partial charge on any atom is -0.370 e. The molecule has 0 bridgehead atoms. The van der Waals surface area contributed by atoms with Crippen LogP contribution in [0.15, 0.2) is 0 Å². The van der Waals surface area contributed by atoms with Crippen LogP contribution in [0.1, 0.15) is 56.8 Å². The van der Waals surface area contributed by atoms with Crippen LogP contribution >= 0.6 is 0 Å². The van der Waals surface area contributed by atoms with E-state index in [4.69, 9.17) is 9.97 Å². The summed E-state index contributed by atoms with van der Waals surface area (Å²) >= 11 is 0. The second-order valence-corrected chi connectivity index (χ2v) is 6.93. The maximum atomic E-state index is 4.88. The molecule has 0 saturated heterocycles. The predicted octanol–water partition coefficient (Wildman–Crippen LogP) is 3.58. The van der Waals surface area contributed by atoms with E-state index in [1.807, 2.05) is 0 Å². The second-order valence-electron chi connectivity index (χ2n) is 6.93. The SMILES string of the molecule is CCCNc1nc(C2CC2)nc(N(C)CC2CC2C)c1C. The molecule has 0 spiro atoms. The van der Waals surface area contributed by atoms with Crippen molar-refractivity contribution in [2.45, 2.75) is 52.4 Å². The highest BCUT2D eigenvalue weighted by Gasteiger charge is 2.34. The molecule has 0 amide bonds. The fourth-order valence-electron chi connectivity index (χ4n) is 2.92. The van der Waals surface area contributed by atoms with Crippen LogP contribution in [-0.2, 0) is 0 Å². The molecule has 0 aromatic carbocycles. The Balaban J connectivity index is 1.83. The van der Waals surface area contributed by atoms with Crippen molar-refractivity contribution in [3.63, 3.8) is 0 Å². The van der Waals surface area contributed by atoms with Crippen molar-refractivity contribution >= 4 is 11.6 Å². The van der Waals surface area contributed by atoms with Gasteiger partial charge in [-0.1, -0.05) is 13.8 Å². The third-order valence-corrected chi connectivity index (χ3v) is 4.77. The van der Waals surface area contributed by atoms with Crippen LogP contribution in [0.2, 0.25) is 0 Å². The average Bonchev–Trinajstić information content (AvgIpc) is 3.36. The van der Waals surface area contributed by atoms with E-state index in [1.54, 1.807) is 0 Å². The van der Waals surface area contributed by atoms with E-state index in [2.05, 4.69) is 38.0 Å². The van der Waals surface area contributed by atoms with Gasteiger partial charge in [-0.15, -0.1) is 0 Å². The molecule has 21 heavy (non-hydrogen) atoms. The van der Waals surface area contributed by atoms with Crippen molar-refractivity contribution in [2.24, 2.45) is 11.8 Å². The highest BCUT2D eigenvalue weighted by atomic mass is 15.2. The quantitative estimate of drug-likeness (QED) is 0.832. The van der Waals surface area contributed by atoms with Crippen molar-refractivity contribution < 1.29 is 0 Å². The molecule has 0 radical (unpaired) electrons. The normalized spacial score (nSPS) is 24.0. The largest absolute Gasteiger partial charge is 0.370 e. The lowest BCUT2D eigenvalue weighted by molar-refractivity contribution is 0.713. The van der Waals surface area contributed by atoms with E-state index in [1.165, 1.54) is 24.8 Å². The molecule has 4 heteroatoms. The van der Waals surface area contributed by atoms with Gasteiger partial charge in [0.25, 0.3) is 0 Å². The highest BCUT2D eigenvalue weighted by Crippen LogP contribution is 2.41. The molecule has 2 unspecified atom stereocenters. The van der Waals surface area contributed by atoms with Gasteiger partial charge in [0.15, 0.2) is 0 Å². The summed E-state index contributed by atoms with van der Waals surface area (Å²) in [5, 5.41) is 3.48. The van der Waals surface area contributed by atoms with E-state index in [0.717, 1.165) is 48.8 Å². The lowest BCUT2D eigenvalue weighted by atomic mass is 10.2. The summed E-state index contributed by atoms with van der Waals surface area (Å²) in [6.45, 7) is 8.78. The predicted molar refractivity (Wildman–Crippen MR) is 88.1 cm³/mol. The summed E-state index contributed by atoms with van der Waals surface area (Å²) in [6.07, 6.45) is 4.98. The van der Waals surface area contributed by atoms with Crippen LogP contribution in [0.3, 0.4) is 0 Å².